The monoisotopic (exact) mass is 399 g/mol. The molecule has 4 nitrogen and oxygen atoms in total. The number of hydrogen-bond donors (Lipinski definition) is 0. The fourth-order valence-corrected chi connectivity index (χ4v) is 2.48. The summed E-state index contributed by atoms with van der Waals surface area (Å²) in [7, 11) is 1.37. The highest BCUT2D eigenvalue weighted by Gasteiger charge is 2.46. The molecule has 0 aliphatic carbocycles. The molecule has 0 spiro atoms. The highest BCUT2D eigenvalue weighted by molar-refractivity contribution is 14.1. The number of methoxy groups -OCH3 is 1. The van der Waals surface area contributed by atoms with E-state index in [1.54, 1.807) is 0 Å². The molecule has 1 aromatic carbocycles. The molecule has 8 heteroatoms. The first kappa shape index (κ1) is 14.9. The number of carbonyl (C=O) groups excluding carboxylic acids is 1. The molecule has 0 fully saturated rings. The van der Waals surface area contributed by atoms with Gasteiger partial charge in [-0.3, -0.25) is 0 Å². The summed E-state index contributed by atoms with van der Waals surface area (Å²) in [4.78, 5) is 10.8. The standard InChI is InChI=1S/C12H8F3IO4/c1-19-9-4-8-5(3-7(9)16)2-6(11(17)18)10(20-8)12(13,14)15/h2-4,10H,1H3,(H,17,18)/p-1. The molecule has 0 saturated carbocycles. The Labute approximate surface area is 125 Å². The van der Waals surface area contributed by atoms with Crippen LogP contribution in [0.4, 0.5) is 13.2 Å². The molecule has 1 aliphatic rings. The van der Waals surface area contributed by atoms with Crippen LogP contribution in [0.1, 0.15) is 5.56 Å². The molecule has 1 aliphatic heterocycles. The second-order valence-corrected chi connectivity index (χ2v) is 5.11. The third-order valence-electron chi connectivity index (χ3n) is 2.66. The van der Waals surface area contributed by atoms with Crippen LogP contribution in [0.3, 0.4) is 0 Å². The van der Waals surface area contributed by atoms with Crippen molar-refractivity contribution in [2.24, 2.45) is 0 Å². The first-order valence-corrected chi connectivity index (χ1v) is 6.35. The Balaban J connectivity index is 2.57. The maximum atomic E-state index is 12.8. The Bertz CT molecular complexity index is 595. The molecule has 0 saturated heterocycles. The molecule has 1 unspecified atom stereocenters. The van der Waals surface area contributed by atoms with Crippen LogP contribution in [0.15, 0.2) is 17.7 Å². The van der Waals surface area contributed by atoms with E-state index >= 15 is 0 Å². The molecule has 20 heavy (non-hydrogen) atoms. The van der Waals surface area contributed by atoms with Crippen LogP contribution in [-0.4, -0.2) is 25.4 Å². The van der Waals surface area contributed by atoms with Gasteiger partial charge in [-0.1, -0.05) is 0 Å². The zero-order valence-corrected chi connectivity index (χ0v) is 12.1. The zero-order chi connectivity index (χ0) is 15.1. The number of ether oxygens (including phenoxy) is 2. The Kier molecular flexibility index (Phi) is 3.85. The number of fused-ring (bicyclic) bond motifs is 1. The van der Waals surface area contributed by atoms with Crippen LogP contribution in [-0.2, 0) is 4.79 Å². The van der Waals surface area contributed by atoms with Gasteiger partial charge in [-0.15, -0.1) is 0 Å². The quantitative estimate of drug-likeness (QED) is 0.712. The average Bonchev–Trinajstić information content (AvgIpc) is 2.35. The first-order chi connectivity index (χ1) is 9.24. The van der Waals surface area contributed by atoms with Gasteiger partial charge in [-0.05, 0) is 34.7 Å². The molecule has 0 aromatic heterocycles. The molecule has 0 bridgehead atoms. The van der Waals surface area contributed by atoms with Crippen molar-refractivity contribution >= 4 is 34.6 Å². The number of carbonyl (C=O) groups is 1. The molecule has 1 heterocycles. The van der Waals surface area contributed by atoms with Crippen LogP contribution in [0.25, 0.3) is 6.08 Å². The first-order valence-electron chi connectivity index (χ1n) is 5.28. The van der Waals surface area contributed by atoms with E-state index in [1.807, 2.05) is 22.6 Å². The zero-order valence-electron chi connectivity index (χ0n) is 9.95. The van der Waals surface area contributed by atoms with Crippen molar-refractivity contribution in [1.29, 1.82) is 0 Å². The van der Waals surface area contributed by atoms with E-state index in [2.05, 4.69) is 0 Å². The number of benzene rings is 1. The number of hydrogen-bond acceptors (Lipinski definition) is 4. The third kappa shape index (κ3) is 2.69. The lowest BCUT2D eigenvalue weighted by Gasteiger charge is -2.29. The van der Waals surface area contributed by atoms with Gasteiger partial charge >= 0.3 is 6.18 Å². The van der Waals surface area contributed by atoms with Crippen molar-refractivity contribution in [1.82, 2.24) is 0 Å². The second-order valence-electron chi connectivity index (χ2n) is 3.95. The molecular weight excluding hydrogens is 392 g/mol. The second kappa shape index (κ2) is 5.15. The number of carboxylic acids is 1. The summed E-state index contributed by atoms with van der Waals surface area (Å²) in [6.07, 6.45) is -6.49. The predicted octanol–water partition coefficient (Wildman–Crippen LogP) is 1.76. The van der Waals surface area contributed by atoms with Crippen molar-refractivity contribution in [2.75, 3.05) is 7.11 Å². The van der Waals surface area contributed by atoms with Crippen LogP contribution >= 0.6 is 22.6 Å². The Morgan fingerprint density at radius 3 is 2.60 bits per heavy atom. The van der Waals surface area contributed by atoms with E-state index in [9.17, 15) is 23.1 Å². The van der Waals surface area contributed by atoms with Crippen LogP contribution in [0, 0.1) is 3.57 Å². The van der Waals surface area contributed by atoms with E-state index in [1.165, 1.54) is 19.2 Å². The molecule has 2 rings (SSSR count). The van der Waals surface area contributed by atoms with Crippen molar-refractivity contribution in [3.05, 3.63) is 26.8 Å². The van der Waals surface area contributed by atoms with Crippen molar-refractivity contribution in [2.45, 2.75) is 12.3 Å². The summed E-state index contributed by atoms with van der Waals surface area (Å²) in [5.74, 6) is -1.66. The summed E-state index contributed by atoms with van der Waals surface area (Å²) in [5.41, 5.74) is -0.721. The van der Waals surface area contributed by atoms with Gasteiger partial charge in [-0.2, -0.15) is 13.2 Å². The molecule has 0 radical (unpaired) electrons. The highest BCUT2D eigenvalue weighted by atomic mass is 127. The predicted molar refractivity (Wildman–Crippen MR) is 69.2 cm³/mol. The van der Waals surface area contributed by atoms with E-state index < -0.39 is 23.8 Å². The average molecular weight is 399 g/mol. The topological polar surface area (TPSA) is 58.6 Å². The van der Waals surface area contributed by atoms with E-state index in [4.69, 9.17) is 9.47 Å². The number of alkyl halides is 3. The van der Waals surface area contributed by atoms with Gasteiger partial charge in [-0.25, -0.2) is 0 Å². The molecule has 1 aromatic rings. The molecular formula is C12H7F3IO4-. The van der Waals surface area contributed by atoms with Gasteiger partial charge in [0.2, 0.25) is 6.10 Å². The van der Waals surface area contributed by atoms with Crippen LogP contribution in [0.2, 0.25) is 0 Å². The Morgan fingerprint density at radius 2 is 2.10 bits per heavy atom. The van der Waals surface area contributed by atoms with E-state index in [0.29, 0.717) is 9.32 Å². The maximum Gasteiger partial charge on any atom is 0.429 e. The summed E-state index contributed by atoms with van der Waals surface area (Å²) in [6.45, 7) is 0. The summed E-state index contributed by atoms with van der Waals surface area (Å²) in [6, 6.07) is 2.77. The minimum absolute atomic E-state index is 0.0883. The van der Waals surface area contributed by atoms with E-state index in [0.717, 1.165) is 6.08 Å². The largest absolute Gasteiger partial charge is 0.545 e. The SMILES string of the molecule is COc1cc2c(cc1I)C=C(C(=O)[O-])C(C(F)(F)F)O2. The van der Waals surface area contributed by atoms with Gasteiger partial charge in [0.1, 0.15) is 11.5 Å². The van der Waals surface area contributed by atoms with Gasteiger partial charge in [0.15, 0.2) is 0 Å². The highest BCUT2D eigenvalue weighted by Crippen LogP contribution is 2.40. The molecule has 108 valence electrons. The maximum absolute atomic E-state index is 12.8. The lowest BCUT2D eigenvalue weighted by molar-refractivity contribution is -0.302. The fraction of sp³-hybridized carbons (Fsp3) is 0.250. The molecule has 0 N–H and O–H groups in total. The van der Waals surface area contributed by atoms with E-state index in [-0.39, 0.29) is 11.3 Å². The number of aliphatic carboxylic acids is 1. The van der Waals surface area contributed by atoms with Gasteiger partial charge in [0, 0.05) is 17.2 Å². The van der Waals surface area contributed by atoms with Gasteiger partial charge in [0.25, 0.3) is 0 Å². The Hall–Kier alpha value is -1.45. The summed E-state index contributed by atoms with van der Waals surface area (Å²) in [5, 5.41) is 10.8. The smallest absolute Gasteiger partial charge is 0.429 e. The molecule has 0 amide bonds. The van der Waals surface area contributed by atoms with Crippen LogP contribution < -0.4 is 14.6 Å². The molecule has 1 atom stereocenters. The minimum Gasteiger partial charge on any atom is -0.545 e. The number of rotatable bonds is 2. The summed E-state index contributed by atoms with van der Waals surface area (Å²) < 4.78 is 48.8. The lowest BCUT2D eigenvalue weighted by Crippen LogP contribution is -2.44. The number of halogens is 4. The van der Waals surface area contributed by atoms with Gasteiger partial charge < -0.3 is 19.4 Å². The van der Waals surface area contributed by atoms with Gasteiger partial charge in [0.05, 0.1) is 16.6 Å². The van der Waals surface area contributed by atoms with Crippen molar-refractivity contribution in [3.8, 4) is 11.5 Å². The third-order valence-corrected chi connectivity index (χ3v) is 3.50. The van der Waals surface area contributed by atoms with Crippen LogP contribution in [0.5, 0.6) is 11.5 Å². The van der Waals surface area contributed by atoms with Crippen molar-refractivity contribution in [3.63, 3.8) is 0 Å². The lowest BCUT2D eigenvalue weighted by atomic mass is 10.0. The Morgan fingerprint density at radius 1 is 1.45 bits per heavy atom. The number of carboxylic acid groups (broad SMARTS) is 1. The fourth-order valence-electron chi connectivity index (χ4n) is 1.76. The minimum atomic E-state index is -4.85. The normalized spacial score (nSPS) is 17.9. The van der Waals surface area contributed by atoms with Crippen molar-refractivity contribution < 1.29 is 32.5 Å². The summed E-state index contributed by atoms with van der Waals surface area (Å²) >= 11 is 1.92.